The van der Waals surface area contributed by atoms with Gasteiger partial charge in [-0.05, 0) is 46.3 Å². The van der Waals surface area contributed by atoms with Gasteiger partial charge in [-0.3, -0.25) is 4.68 Å². The summed E-state index contributed by atoms with van der Waals surface area (Å²) >= 11 is 2.02. The Morgan fingerprint density at radius 2 is 2.00 bits per heavy atom. The zero-order chi connectivity index (χ0) is 14.4. The van der Waals surface area contributed by atoms with Crippen LogP contribution in [0.4, 0.5) is 0 Å². The summed E-state index contributed by atoms with van der Waals surface area (Å²) in [5.41, 5.74) is 0.445. The van der Waals surface area contributed by atoms with Crippen LogP contribution in [-0.4, -0.2) is 39.6 Å². The number of nitrogens with zero attached hydrogens (tertiary/aromatic N) is 2. The van der Waals surface area contributed by atoms with Crippen LogP contribution in [0.2, 0.25) is 0 Å². The summed E-state index contributed by atoms with van der Waals surface area (Å²) in [6.45, 7) is 8.31. The van der Waals surface area contributed by atoms with Crippen LogP contribution in [0.15, 0.2) is 12.4 Å². The smallest absolute Gasteiger partial charge is 0.399 e. The second-order valence-corrected chi connectivity index (χ2v) is 7.86. The lowest BCUT2D eigenvalue weighted by molar-refractivity contribution is 0.00578. The monoisotopic (exact) mass is 294 g/mol. The third kappa shape index (κ3) is 2.53. The number of hydrogen-bond acceptors (Lipinski definition) is 4. The Bertz CT molecular complexity index is 467. The van der Waals surface area contributed by atoms with Crippen molar-refractivity contribution in [3.63, 3.8) is 0 Å². The van der Waals surface area contributed by atoms with E-state index in [0.717, 1.165) is 11.2 Å². The molecule has 1 unspecified atom stereocenters. The molecule has 1 aromatic heterocycles. The topological polar surface area (TPSA) is 36.3 Å². The predicted molar refractivity (Wildman–Crippen MR) is 83.5 cm³/mol. The van der Waals surface area contributed by atoms with E-state index < -0.39 is 0 Å². The van der Waals surface area contributed by atoms with Crippen LogP contribution in [0.3, 0.4) is 0 Å². The fourth-order valence-electron chi connectivity index (χ4n) is 2.59. The van der Waals surface area contributed by atoms with Gasteiger partial charge in [0, 0.05) is 23.6 Å². The van der Waals surface area contributed by atoms with E-state index in [0.29, 0.717) is 6.04 Å². The van der Waals surface area contributed by atoms with Gasteiger partial charge in [0.05, 0.1) is 17.2 Å². The first-order valence-corrected chi connectivity index (χ1v) is 8.52. The normalized spacial score (nSPS) is 28.8. The molecular weight excluding hydrogens is 271 g/mol. The van der Waals surface area contributed by atoms with E-state index in [2.05, 4.69) is 43.7 Å². The molecule has 2 saturated heterocycles. The van der Waals surface area contributed by atoms with E-state index in [4.69, 9.17) is 9.31 Å². The minimum atomic E-state index is -0.301. The largest absolute Gasteiger partial charge is 0.498 e. The first-order valence-electron chi connectivity index (χ1n) is 7.36. The quantitative estimate of drug-likeness (QED) is 0.784. The summed E-state index contributed by atoms with van der Waals surface area (Å²) in [5, 5.41) is 4.52. The van der Waals surface area contributed by atoms with Crippen molar-refractivity contribution in [2.45, 2.75) is 57.8 Å². The lowest BCUT2D eigenvalue weighted by Gasteiger charge is -2.32. The van der Waals surface area contributed by atoms with Crippen LogP contribution in [0.1, 0.15) is 46.6 Å². The third-order valence-electron chi connectivity index (χ3n) is 4.66. The number of aromatic nitrogens is 2. The van der Waals surface area contributed by atoms with Crippen molar-refractivity contribution >= 4 is 24.3 Å². The van der Waals surface area contributed by atoms with Crippen LogP contribution < -0.4 is 5.46 Å². The van der Waals surface area contributed by atoms with Crippen LogP contribution >= 0.6 is 11.8 Å². The zero-order valence-corrected chi connectivity index (χ0v) is 13.6. The van der Waals surface area contributed by atoms with Crippen molar-refractivity contribution < 1.29 is 9.31 Å². The average molecular weight is 294 g/mol. The fourth-order valence-corrected chi connectivity index (χ4v) is 3.71. The number of hydrogen-bond donors (Lipinski definition) is 0. The van der Waals surface area contributed by atoms with E-state index in [-0.39, 0.29) is 18.3 Å². The SMILES string of the molecule is CC1(C)OB(c2cnn(C3CCCSC3)c2)OC1(C)C. The molecule has 0 bridgehead atoms. The maximum absolute atomic E-state index is 6.07. The van der Waals surface area contributed by atoms with E-state index in [1.54, 1.807) is 0 Å². The van der Waals surface area contributed by atoms with E-state index in [1.165, 1.54) is 18.6 Å². The summed E-state index contributed by atoms with van der Waals surface area (Å²) in [4.78, 5) is 0. The highest BCUT2D eigenvalue weighted by Crippen LogP contribution is 2.36. The average Bonchev–Trinajstić information content (AvgIpc) is 2.94. The van der Waals surface area contributed by atoms with Gasteiger partial charge in [-0.2, -0.15) is 16.9 Å². The molecule has 1 atom stereocenters. The minimum Gasteiger partial charge on any atom is -0.399 e. The Morgan fingerprint density at radius 3 is 2.60 bits per heavy atom. The molecule has 0 N–H and O–H groups in total. The summed E-state index contributed by atoms with van der Waals surface area (Å²) in [7, 11) is -0.301. The van der Waals surface area contributed by atoms with E-state index in [9.17, 15) is 0 Å². The van der Waals surface area contributed by atoms with Crippen molar-refractivity contribution in [2.75, 3.05) is 11.5 Å². The Balaban J connectivity index is 1.74. The second-order valence-electron chi connectivity index (χ2n) is 6.71. The van der Waals surface area contributed by atoms with Gasteiger partial charge in [0.2, 0.25) is 0 Å². The Hall–Kier alpha value is -0.455. The summed E-state index contributed by atoms with van der Waals surface area (Å²) < 4.78 is 14.2. The van der Waals surface area contributed by atoms with Gasteiger partial charge in [0.15, 0.2) is 0 Å². The summed E-state index contributed by atoms with van der Waals surface area (Å²) in [6.07, 6.45) is 6.48. The molecule has 0 aromatic carbocycles. The summed E-state index contributed by atoms with van der Waals surface area (Å²) in [6, 6.07) is 0.518. The maximum Gasteiger partial charge on any atom is 0.498 e. The molecule has 2 fully saturated rings. The van der Waals surface area contributed by atoms with Gasteiger partial charge in [0.1, 0.15) is 0 Å². The van der Waals surface area contributed by atoms with Gasteiger partial charge in [0.25, 0.3) is 0 Å². The fraction of sp³-hybridized carbons (Fsp3) is 0.786. The molecule has 4 nitrogen and oxygen atoms in total. The van der Waals surface area contributed by atoms with Crippen molar-refractivity contribution in [1.29, 1.82) is 0 Å². The Labute approximate surface area is 125 Å². The number of rotatable bonds is 2. The first-order chi connectivity index (χ1) is 9.39. The Kier molecular flexibility index (Phi) is 3.67. The van der Waals surface area contributed by atoms with E-state index >= 15 is 0 Å². The highest BCUT2D eigenvalue weighted by atomic mass is 32.2. The highest BCUT2D eigenvalue weighted by molar-refractivity contribution is 7.99. The molecule has 3 heterocycles. The van der Waals surface area contributed by atoms with Crippen LogP contribution in [-0.2, 0) is 9.31 Å². The molecule has 2 aliphatic rings. The lowest BCUT2D eigenvalue weighted by atomic mass is 9.82. The molecule has 0 aliphatic carbocycles. The first kappa shape index (κ1) is 14.5. The molecule has 0 saturated carbocycles. The van der Waals surface area contributed by atoms with Gasteiger partial charge in [-0.25, -0.2) is 0 Å². The van der Waals surface area contributed by atoms with Crippen LogP contribution in [0.25, 0.3) is 0 Å². The molecule has 6 heteroatoms. The van der Waals surface area contributed by atoms with Crippen LogP contribution in [0.5, 0.6) is 0 Å². The van der Waals surface area contributed by atoms with Gasteiger partial charge in [-0.15, -0.1) is 0 Å². The third-order valence-corrected chi connectivity index (χ3v) is 5.86. The molecule has 2 aliphatic heterocycles. The predicted octanol–water partition coefficient (Wildman–Crippen LogP) is 2.25. The second kappa shape index (κ2) is 5.07. The molecule has 110 valence electrons. The van der Waals surface area contributed by atoms with Crippen LogP contribution in [0, 0.1) is 0 Å². The van der Waals surface area contributed by atoms with Crippen molar-refractivity contribution in [3.05, 3.63) is 12.4 Å². The molecule has 0 spiro atoms. The molecule has 3 rings (SSSR count). The van der Waals surface area contributed by atoms with Gasteiger partial charge in [-0.1, -0.05) is 0 Å². The number of thioether (sulfide) groups is 1. The van der Waals surface area contributed by atoms with Crippen molar-refractivity contribution in [2.24, 2.45) is 0 Å². The molecule has 0 radical (unpaired) electrons. The van der Waals surface area contributed by atoms with E-state index in [1.807, 2.05) is 18.0 Å². The minimum absolute atomic E-state index is 0.291. The highest BCUT2D eigenvalue weighted by Gasteiger charge is 2.52. The summed E-state index contributed by atoms with van der Waals surface area (Å²) in [5.74, 6) is 2.44. The standard InChI is InChI=1S/C14H23BN2O2S/c1-13(2)14(3,4)19-15(18-13)11-8-16-17(9-11)12-6-5-7-20-10-12/h8-9,12H,5-7,10H2,1-4H3. The molecular formula is C14H23BN2O2S. The molecule has 20 heavy (non-hydrogen) atoms. The molecule has 0 amide bonds. The Morgan fingerprint density at radius 1 is 1.30 bits per heavy atom. The van der Waals surface area contributed by atoms with Crippen molar-refractivity contribution in [3.8, 4) is 0 Å². The van der Waals surface area contributed by atoms with Crippen molar-refractivity contribution in [1.82, 2.24) is 9.78 Å². The molecule has 1 aromatic rings. The maximum atomic E-state index is 6.07. The zero-order valence-electron chi connectivity index (χ0n) is 12.8. The lowest BCUT2D eigenvalue weighted by Crippen LogP contribution is -2.41. The van der Waals surface area contributed by atoms with Gasteiger partial charge >= 0.3 is 7.12 Å². The van der Waals surface area contributed by atoms with Gasteiger partial charge < -0.3 is 9.31 Å².